The highest BCUT2D eigenvalue weighted by atomic mass is 32.2. The molecule has 1 aromatic carbocycles. The third-order valence-corrected chi connectivity index (χ3v) is 6.58. The standard InChI is InChI=1S/C18H17N3O3S2/c1-13-5-3-7-15(9-13)21(2)26(23,24)16-10-17(25-12-16)18(22)20-14-6-4-8-19-11-14/h3-12H,1-2H3,(H,20,22). The van der Waals surface area contributed by atoms with Crippen molar-refractivity contribution in [3.05, 3.63) is 70.7 Å². The van der Waals surface area contributed by atoms with Crippen LogP contribution in [-0.4, -0.2) is 26.4 Å². The van der Waals surface area contributed by atoms with Gasteiger partial charge in [0.2, 0.25) is 0 Å². The second-order valence-corrected chi connectivity index (χ2v) is 8.53. The van der Waals surface area contributed by atoms with Crippen LogP contribution in [0.1, 0.15) is 15.2 Å². The van der Waals surface area contributed by atoms with Crippen molar-refractivity contribution in [2.24, 2.45) is 0 Å². The van der Waals surface area contributed by atoms with Crippen LogP contribution in [0.25, 0.3) is 0 Å². The van der Waals surface area contributed by atoms with Crippen LogP contribution in [0.5, 0.6) is 0 Å². The fourth-order valence-electron chi connectivity index (χ4n) is 2.32. The Labute approximate surface area is 156 Å². The Morgan fingerprint density at radius 1 is 1.19 bits per heavy atom. The Morgan fingerprint density at radius 3 is 2.69 bits per heavy atom. The van der Waals surface area contributed by atoms with Crippen LogP contribution in [0, 0.1) is 6.92 Å². The van der Waals surface area contributed by atoms with E-state index in [1.54, 1.807) is 36.5 Å². The molecule has 8 heteroatoms. The van der Waals surface area contributed by atoms with Crippen molar-refractivity contribution in [2.45, 2.75) is 11.8 Å². The lowest BCUT2D eigenvalue weighted by Gasteiger charge is -2.19. The van der Waals surface area contributed by atoms with E-state index in [9.17, 15) is 13.2 Å². The van der Waals surface area contributed by atoms with Gasteiger partial charge in [0.25, 0.3) is 15.9 Å². The summed E-state index contributed by atoms with van der Waals surface area (Å²) in [4.78, 5) is 16.6. The number of hydrogen-bond acceptors (Lipinski definition) is 5. The van der Waals surface area contributed by atoms with Gasteiger partial charge in [-0.05, 0) is 42.8 Å². The molecule has 0 aliphatic rings. The van der Waals surface area contributed by atoms with Gasteiger partial charge in [-0.2, -0.15) is 0 Å². The van der Waals surface area contributed by atoms with Crippen LogP contribution in [0.2, 0.25) is 0 Å². The summed E-state index contributed by atoms with van der Waals surface area (Å²) in [5.74, 6) is -0.373. The van der Waals surface area contributed by atoms with Crippen molar-refractivity contribution >= 4 is 38.6 Å². The van der Waals surface area contributed by atoms with Crippen LogP contribution >= 0.6 is 11.3 Å². The minimum atomic E-state index is -3.74. The molecule has 0 atom stereocenters. The summed E-state index contributed by atoms with van der Waals surface area (Å²) >= 11 is 1.08. The lowest BCUT2D eigenvalue weighted by Crippen LogP contribution is -2.26. The maximum absolute atomic E-state index is 12.8. The van der Waals surface area contributed by atoms with Crippen LogP contribution in [0.3, 0.4) is 0 Å². The highest BCUT2D eigenvalue weighted by Gasteiger charge is 2.24. The summed E-state index contributed by atoms with van der Waals surface area (Å²) in [6.45, 7) is 1.90. The van der Waals surface area contributed by atoms with Crippen molar-refractivity contribution in [1.29, 1.82) is 0 Å². The molecule has 1 amide bonds. The van der Waals surface area contributed by atoms with Gasteiger partial charge in [0.05, 0.1) is 27.3 Å². The number of benzene rings is 1. The van der Waals surface area contributed by atoms with Crippen LogP contribution < -0.4 is 9.62 Å². The minimum absolute atomic E-state index is 0.0860. The van der Waals surface area contributed by atoms with Crippen LogP contribution in [0.4, 0.5) is 11.4 Å². The molecule has 0 saturated heterocycles. The molecule has 0 spiro atoms. The maximum atomic E-state index is 12.8. The zero-order chi connectivity index (χ0) is 18.7. The number of sulfonamides is 1. The molecule has 2 aromatic heterocycles. The minimum Gasteiger partial charge on any atom is -0.320 e. The van der Waals surface area contributed by atoms with E-state index >= 15 is 0 Å². The second kappa shape index (κ2) is 7.27. The van der Waals surface area contributed by atoms with E-state index in [1.165, 1.54) is 29.0 Å². The predicted octanol–water partition coefficient (Wildman–Crippen LogP) is 3.53. The van der Waals surface area contributed by atoms with Crippen molar-refractivity contribution in [2.75, 3.05) is 16.7 Å². The number of aryl methyl sites for hydroxylation is 1. The number of carbonyl (C=O) groups excluding carboxylic acids is 1. The van der Waals surface area contributed by atoms with Gasteiger partial charge in [0.15, 0.2) is 0 Å². The van der Waals surface area contributed by atoms with Crippen molar-refractivity contribution in [3.8, 4) is 0 Å². The fourth-order valence-corrected chi connectivity index (χ4v) is 4.67. The Kier molecular flexibility index (Phi) is 5.06. The predicted molar refractivity (Wildman–Crippen MR) is 103 cm³/mol. The van der Waals surface area contributed by atoms with E-state index in [4.69, 9.17) is 0 Å². The molecule has 0 aliphatic carbocycles. The molecule has 1 N–H and O–H groups in total. The average molecular weight is 387 g/mol. The first-order chi connectivity index (χ1) is 12.4. The topological polar surface area (TPSA) is 79.4 Å². The molecule has 0 saturated carbocycles. The van der Waals surface area contributed by atoms with Crippen molar-refractivity contribution < 1.29 is 13.2 Å². The van der Waals surface area contributed by atoms with Gasteiger partial charge >= 0.3 is 0 Å². The Hall–Kier alpha value is -2.71. The van der Waals surface area contributed by atoms with Gasteiger partial charge in [-0.25, -0.2) is 8.42 Å². The van der Waals surface area contributed by atoms with Gasteiger partial charge in [0.1, 0.15) is 0 Å². The summed E-state index contributed by atoms with van der Waals surface area (Å²) < 4.78 is 26.9. The van der Waals surface area contributed by atoms with Gasteiger partial charge in [-0.15, -0.1) is 11.3 Å². The Balaban J connectivity index is 1.83. The third-order valence-electron chi connectivity index (χ3n) is 3.74. The lowest BCUT2D eigenvalue weighted by molar-refractivity contribution is 0.103. The molecule has 0 bridgehead atoms. The normalized spacial score (nSPS) is 11.2. The molecule has 3 aromatic rings. The zero-order valence-electron chi connectivity index (χ0n) is 14.2. The molecule has 3 rings (SSSR count). The van der Waals surface area contributed by atoms with E-state index < -0.39 is 10.0 Å². The smallest absolute Gasteiger partial charge is 0.265 e. The highest BCUT2D eigenvalue weighted by Crippen LogP contribution is 2.26. The monoisotopic (exact) mass is 387 g/mol. The highest BCUT2D eigenvalue weighted by molar-refractivity contribution is 7.93. The number of aromatic nitrogens is 1. The fraction of sp³-hybridized carbons (Fsp3) is 0.111. The Morgan fingerprint density at radius 2 is 2.00 bits per heavy atom. The molecule has 0 aliphatic heterocycles. The SMILES string of the molecule is Cc1cccc(N(C)S(=O)(=O)c2csc(C(=O)Nc3cccnc3)c2)c1. The first-order valence-corrected chi connectivity index (χ1v) is 10.1. The van der Waals surface area contributed by atoms with Crippen LogP contribution in [-0.2, 0) is 10.0 Å². The van der Waals surface area contributed by atoms with E-state index in [-0.39, 0.29) is 10.8 Å². The van der Waals surface area contributed by atoms with Gasteiger partial charge in [0, 0.05) is 18.6 Å². The number of nitrogens with one attached hydrogen (secondary N) is 1. The molecule has 2 heterocycles. The molecule has 0 fully saturated rings. The summed E-state index contributed by atoms with van der Waals surface area (Å²) in [5, 5.41) is 4.16. The average Bonchev–Trinajstić information content (AvgIpc) is 3.13. The van der Waals surface area contributed by atoms with Gasteiger partial charge in [-0.3, -0.25) is 14.1 Å². The molecule has 0 unspecified atom stereocenters. The number of thiophene rings is 1. The van der Waals surface area contributed by atoms with E-state index in [2.05, 4.69) is 10.3 Å². The Bertz CT molecular complexity index is 1030. The summed E-state index contributed by atoms with van der Waals surface area (Å²) in [5.41, 5.74) is 2.08. The molecular weight excluding hydrogens is 370 g/mol. The zero-order valence-corrected chi connectivity index (χ0v) is 15.8. The third kappa shape index (κ3) is 3.76. The van der Waals surface area contributed by atoms with E-state index in [0.717, 1.165) is 16.9 Å². The quantitative estimate of drug-likeness (QED) is 0.726. The van der Waals surface area contributed by atoms with Crippen molar-refractivity contribution in [1.82, 2.24) is 4.98 Å². The number of anilines is 2. The number of rotatable bonds is 5. The number of nitrogens with zero attached hydrogens (tertiary/aromatic N) is 2. The maximum Gasteiger partial charge on any atom is 0.265 e. The number of pyridine rings is 1. The summed E-state index contributed by atoms with van der Waals surface area (Å²) in [7, 11) is -2.25. The summed E-state index contributed by atoms with van der Waals surface area (Å²) in [6.07, 6.45) is 3.13. The number of amides is 1. The molecular formula is C18H17N3O3S2. The lowest BCUT2D eigenvalue weighted by atomic mass is 10.2. The first-order valence-electron chi connectivity index (χ1n) is 7.73. The van der Waals surface area contributed by atoms with Crippen molar-refractivity contribution in [3.63, 3.8) is 0 Å². The molecule has 26 heavy (non-hydrogen) atoms. The van der Waals surface area contributed by atoms with Gasteiger partial charge in [-0.1, -0.05) is 12.1 Å². The number of carbonyl (C=O) groups is 1. The van der Waals surface area contributed by atoms with Gasteiger partial charge < -0.3 is 5.32 Å². The number of hydrogen-bond donors (Lipinski definition) is 1. The molecule has 6 nitrogen and oxygen atoms in total. The summed E-state index contributed by atoms with van der Waals surface area (Å²) in [6, 6.07) is 12.0. The van der Waals surface area contributed by atoms with E-state index in [0.29, 0.717) is 16.3 Å². The largest absolute Gasteiger partial charge is 0.320 e. The molecule has 134 valence electrons. The molecule has 0 radical (unpaired) electrons. The van der Waals surface area contributed by atoms with E-state index in [1.807, 2.05) is 13.0 Å². The second-order valence-electron chi connectivity index (χ2n) is 5.65. The first kappa shape index (κ1) is 18.1. The van der Waals surface area contributed by atoms with Crippen LogP contribution in [0.15, 0.2) is 65.1 Å².